The van der Waals surface area contributed by atoms with Crippen LogP contribution < -0.4 is 14.8 Å². The average molecular weight is 415 g/mol. The average Bonchev–Trinajstić information content (AvgIpc) is 3.01. The summed E-state index contributed by atoms with van der Waals surface area (Å²) in [5, 5.41) is 2.47. The molecule has 0 radical (unpaired) electrons. The molecule has 1 aliphatic rings. The fourth-order valence-corrected chi connectivity index (χ4v) is 4.58. The van der Waals surface area contributed by atoms with Crippen LogP contribution in [-0.4, -0.2) is 42.7 Å². The Hall–Kier alpha value is -2.67. The number of hydrogen-bond acceptors (Lipinski definition) is 5. The maximum atomic E-state index is 12.8. The molecule has 154 valence electrons. The van der Waals surface area contributed by atoms with Crippen LogP contribution in [0.25, 0.3) is 0 Å². The van der Waals surface area contributed by atoms with Gasteiger partial charge in [-0.2, -0.15) is 0 Å². The van der Waals surface area contributed by atoms with Gasteiger partial charge in [0.15, 0.2) is 0 Å². The summed E-state index contributed by atoms with van der Waals surface area (Å²) in [6, 6.07) is 13.2. The molecule has 2 aromatic carbocycles. The van der Waals surface area contributed by atoms with E-state index in [9.17, 15) is 9.59 Å². The number of nitrogens with one attached hydrogen (secondary N) is 1. The standard InChI is InChI=1S/C22H26N2O4S/c1-14-5-7-16(8-6-14)23-20(25)11-12-24-21(26)15(2)29-22(24)18-13-17(27-3)9-10-19(18)28-4/h5-10,13,15,22H,11-12H2,1-4H3,(H,23,25)/t15-,22+/m0/s1. The van der Waals surface area contributed by atoms with Gasteiger partial charge in [-0.1, -0.05) is 17.7 Å². The second-order valence-corrected chi connectivity index (χ2v) is 8.36. The summed E-state index contributed by atoms with van der Waals surface area (Å²) in [4.78, 5) is 26.9. The quantitative estimate of drug-likeness (QED) is 0.742. The minimum atomic E-state index is -0.227. The largest absolute Gasteiger partial charge is 0.497 e. The molecule has 1 N–H and O–H groups in total. The van der Waals surface area contributed by atoms with Gasteiger partial charge in [0.1, 0.15) is 16.9 Å². The predicted octanol–water partition coefficient (Wildman–Crippen LogP) is 4.00. The second kappa shape index (κ2) is 9.22. The molecule has 0 aromatic heterocycles. The van der Waals surface area contributed by atoms with Crippen LogP contribution in [0.4, 0.5) is 5.69 Å². The molecule has 0 spiro atoms. The molecule has 0 bridgehead atoms. The molecule has 1 heterocycles. The number of aryl methyl sites for hydroxylation is 1. The summed E-state index contributed by atoms with van der Waals surface area (Å²) in [5.74, 6) is 1.29. The van der Waals surface area contributed by atoms with E-state index in [1.54, 1.807) is 30.9 Å². The third kappa shape index (κ3) is 4.85. The number of rotatable bonds is 7. The number of carbonyl (C=O) groups is 2. The summed E-state index contributed by atoms with van der Waals surface area (Å²) in [6.45, 7) is 4.22. The van der Waals surface area contributed by atoms with Gasteiger partial charge in [0.05, 0.1) is 19.5 Å². The van der Waals surface area contributed by atoms with Crippen molar-refractivity contribution in [1.29, 1.82) is 0 Å². The van der Waals surface area contributed by atoms with E-state index >= 15 is 0 Å². The molecular weight excluding hydrogens is 388 g/mol. The molecule has 2 atom stereocenters. The van der Waals surface area contributed by atoms with Gasteiger partial charge < -0.3 is 19.7 Å². The molecule has 1 fully saturated rings. The van der Waals surface area contributed by atoms with Crippen molar-refractivity contribution in [2.24, 2.45) is 0 Å². The van der Waals surface area contributed by atoms with Crippen molar-refractivity contribution in [2.75, 3.05) is 26.1 Å². The smallest absolute Gasteiger partial charge is 0.236 e. The molecule has 1 aliphatic heterocycles. The lowest BCUT2D eigenvalue weighted by Crippen LogP contribution is -2.33. The minimum Gasteiger partial charge on any atom is -0.497 e. The van der Waals surface area contributed by atoms with Crippen LogP contribution >= 0.6 is 11.8 Å². The number of ether oxygens (including phenoxy) is 2. The Morgan fingerprint density at radius 1 is 1.14 bits per heavy atom. The Morgan fingerprint density at radius 3 is 2.52 bits per heavy atom. The Bertz CT molecular complexity index is 885. The molecule has 3 rings (SSSR count). The highest BCUT2D eigenvalue weighted by atomic mass is 32.2. The van der Waals surface area contributed by atoms with E-state index in [1.165, 1.54) is 0 Å². The highest BCUT2D eigenvalue weighted by molar-refractivity contribution is 8.01. The van der Waals surface area contributed by atoms with Gasteiger partial charge in [-0.3, -0.25) is 9.59 Å². The maximum Gasteiger partial charge on any atom is 0.236 e. The first-order valence-corrected chi connectivity index (χ1v) is 10.4. The molecule has 1 saturated heterocycles. The van der Waals surface area contributed by atoms with Crippen molar-refractivity contribution in [1.82, 2.24) is 4.90 Å². The first kappa shape index (κ1) is 21.0. The van der Waals surface area contributed by atoms with E-state index < -0.39 is 0 Å². The fraction of sp³-hybridized carbons (Fsp3) is 0.364. The molecular formula is C22H26N2O4S. The van der Waals surface area contributed by atoms with Crippen molar-refractivity contribution < 1.29 is 19.1 Å². The lowest BCUT2D eigenvalue weighted by Gasteiger charge is -2.25. The monoisotopic (exact) mass is 414 g/mol. The number of methoxy groups -OCH3 is 2. The first-order valence-electron chi connectivity index (χ1n) is 9.47. The summed E-state index contributed by atoms with van der Waals surface area (Å²) in [7, 11) is 3.21. The Kier molecular flexibility index (Phi) is 6.69. The van der Waals surface area contributed by atoms with Crippen molar-refractivity contribution in [3.8, 4) is 11.5 Å². The number of amides is 2. The van der Waals surface area contributed by atoms with E-state index in [4.69, 9.17) is 9.47 Å². The number of carbonyl (C=O) groups excluding carboxylic acids is 2. The van der Waals surface area contributed by atoms with Gasteiger partial charge in [-0.15, -0.1) is 11.8 Å². The molecule has 2 amide bonds. The summed E-state index contributed by atoms with van der Waals surface area (Å²) in [5.41, 5.74) is 2.75. The summed E-state index contributed by atoms with van der Waals surface area (Å²) < 4.78 is 10.8. The van der Waals surface area contributed by atoms with Crippen LogP contribution in [0.5, 0.6) is 11.5 Å². The lowest BCUT2D eigenvalue weighted by molar-refractivity contribution is -0.130. The van der Waals surface area contributed by atoms with Crippen molar-refractivity contribution in [3.05, 3.63) is 53.6 Å². The topological polar surface area (TPSA) is 67.9 Å². The zero-order chi connectivity index (χ0) is 21.0. The molecule has 0 unspecified atom stereocenters. The van der Waals surface area contributed by atoms with Crippen molar-refractivity contribution in [2.45, 2.75) is 30.9 Å². The van der Waals surface area contributed by atoms with Crippen LogP contribution in [0.15, 0.2) is 42.5 Å². The molecule has 0 saturated carbocycles. The van der Waals surface area contributed by atoms with E-state index in [1.807, 2.05) is 56.3 Å². The van der Waals surface area contributed by atoms with Crippen LogP contribution in [0, 0.1) is 6.92 Å². The summed E-state index contributed by atoms with van der Waals surface area (Å²) in [6.07, 6.45) is 0.218. The van der Waals surface area contributed by atoms with Gasteiger partial charge in [0, 0.05) is 24.2 Å². The van der Waals surface area contributed by atoms with Crippen LogP contribution in [0.3, 0.4) is 0 Å². The van der Waals surface area contributed by atoms with Gasteiger partial charge >= 0.3 is 0 Å². The molecule has 0 aliphatic carbocycles. The maximum absolute atomic E-state index is 12.8. The van der Waals surface area contributed by atoms with Crippen molar-refractivity contribution in [3.63, 3.8) is 0 Å². The predicted molar refractivity (Wildman–Crippen MR) is 115 cm³/mol. The highest BCUT2D eigenvalue weighted by Gasteiger charge is 2.39. The zero-order valence-electron chi connectivity index (χ0n) is 17.1. The molecule has 6 nitrogen and oxygen atoms in total. The first-order chi connectivity index (χ1) is 13.9. The SMILES string of the molecule is COc1ccc(OC)c([C@H]2S[C@@H](C)C(=O)N2CCC(=O)Nc2ccc(C)cc2)c1. The second-order valence-electron chi connectivity index (χ2n) is 6.93. The minimum absolute atomic E-state index is 0.0213. The molecule has 29 heavy (non-hydrogen) atoms. The molecule has 7 heteroatoms. The van der Waals surface area contributed by atoms with Gasteiger partial charge in [-0.05, 0) is 44.2 Å². The molecule has 2 aromatic rings. The highest BCUT2D eigenvalue weighted by Crippen LogP contribution is 2.46. The van der Waals surface area contributed by atoms with E-state index in [0.717, 1.165) is 16.8 Å². The lowest BCUT2D eigenvalue weighted by atomic mass is 10.1. The third-order valence-electron chi connectivity index (χ3n) is 4.86. The normalized spacial score (nSPS) is 18.6. The van der Waals surface area contributed by atoms with Crippen LogP contribution in [0.2, 0.25) is 0 Å². The summed E-state index contributed by atoms with van der Waals surface area (Å²) >= 11 is 1.55. The Balaban J connectivity index is 1.73. The fourth-order valence-electron chi connectivity index (χ4n) is 3.26. The van der Waals surface area contributed by atoms with Crippen molar-refractivity contribution >= 4 is 29.3 Å². The van der Waals surface area contributed by atoms with E-state index in [2.05, 4.69) is 5.32 Å². The van der Waals surface area contributed by atoms with Crippen LogP contribution in [0.1, 0.15) is 29.8 Å². The number of hydrogen-bond donors (Lipinski definition) is 1. The number of benzene rings is 2. The zero-order valence-corrected chi connectivity index (χ0v) is 17.9. The van der Waals surface area contributed by atoms with Gasteiger partial charge in [0.25, 0.3) is 0 Å². The van der Waals surface area contributed by atoms with E-state index in [0.29, 0.717) is 18.0 Å². The van der Waals surface area contributed by atoms with Gasteiger partial charge in [0.2, 0.25) is 11.8 Å². The van der Waals surface area contributed by atoms with Crippen LogP contribution in [-0.2, 0) is 9.59 Å². The third-order valence-corrected chi connectivity index (χ3v) is 6.24. The number of anilines is 1. The Labute approximate surface area is 175 Å². The van der Waals surface area contributed by atoms with E-state index in [-0.39, 0.29) is 28.9 Å². The van der Waals surface area contributed by atoms with Gasteiger partial charge in [-0.25, -0.2) is 0 Å². The Morgan fingerprint density at radius 2 is 1.86 bits per heavy atom. The number of nitrogens with zero attached hydrogens (tertiary/aromatic N) is 1. The number of thioether (sulfide) groups is 1.